The molecular formula is C22H29FN4O2. The van der Waals surface area contributed by atoms with Gasteiger partial charge in [0, 0.05) is 13.1 Å². The van der Waals surface area contributed by atoms with Gasteiger partial charge in [-0.1, -0.05) is 24.3 Å². The summed E-state index contributed by atoms with van der Waals surface area (Å²) in [5.41, 5.74) is 7.57. The lowest BCUT2D eigenvalue weighted by atomic mass is 9.99. The lowest BCUT2D eigenvalue weighted by Crippen LogP contribution is -2.39. The standard InChI is InChI=1S/C22H29FN4O2/c1-3-25-22(26-13-12-16-6-10-20(29-2)11-7-16)27-15-18(21(24)28)14-17-4-8-19(23)9-5-17/h4-11,18H,3,12-15H2,1-2H3,(H2,24,28)(H2,25,26,27). The first-order chi connectivity index (χ1) is 14.0. The third-order valence-electron chi connectivity index (χ3n) is 4.48. The third kappa shape index (κ3) is 7.81. The first kappa shape index (κ1) is 22.2. The molecule has 0 heterocycles. The van der Waals surface area contributed by atoms with E-state index in [0.717, 1.165) is 17.7 Å². The average molecular weight is 400 g/mol. The number of methoxy groups -OCH3 is 1. The molecule has 29 heavy (non-hydrogen) atoms. The second-order valence-electron chi connectivity index (χ2n) is 6.67. The molecular weight excluding hydrogens is 371 g/mol. The summed E-state index contributed by atoms with van der Waals surface area (Å²) in [6.45, 7) is 3.63. The minimum Gasteiger partial charge on any atom is -0.497 e. The number of nitrogens with zero attached hydrogens (tertiary/aromatic N) is 1. The number of amides is 1. The van der Waals surface area contributed by atoms with Gasteiger partial charge in [-0.15, -0.1) is 0 Å². The van der Waals surface area contributed by atoms with Crippen molar-refractivity contribution in [2.24, 2.45) is 16.6 Å². The minimum atomic E-state index is -0.461. The second-order valence-corrected chi connectivity index (χ2v) is 6.67. The Balaban J connectivity index is 1.92. The largest absolute Gasteiger partial charge is 0.497 e. The number of guanidine groups is 1. The predicted octanol–water partition coefficient (Wildman–Crippen LogP) is 2.28. The highest BCUT2D eigenvalue weighted by Crippen LogP contribution is 2.12. The van der Waals surface area contributed by atoms with Gasteiger partial charge in [0.1, 0.15) is 11.6 Å². The Morgan fingerprint density at radius 2 is 1.76 bits per heavy atom. The van der Waals surface area contributed by atoms with E-state index >= 15 is 0 Å². The Labute approximate surface area is 171 Å². The number of benzene rings is 2. The molecule has 6 nitrogen and oxygen atoms in total. The molecule has 0 bridgehead atoms. The van der Waals surface area contributed by atoms with Crippen molar-refractivity contribution in [3.63, 3.8) is 0 Å². The number of rotatable bonds is 10. The van der Waals surface area contributed by atoms with Gasteiger partial charge in [0.2, 0.25) is 5.91 Å². The zero-order valence-corrected chi connectivity index (χ0v) is 17.0. The Hall–Kier alpha value is -3.09. The third-order valence-corrected chi connectivity index (χ3v) is 4.48. The molecule has 2 aromatic carbocycles. The van der Waals surface area contributed by atoms with Crippen LogP contribution in [-0.4, -0.2) is 38.6 Å². The van der Waals surface area contributed by atoms with Crippen LogP contribution in [0.5, 0.6) is 5.75 Å². The molecule has 4 N–H and O–H groups in total. The summed E-state index contributed by atoms with van der Waals surface area (Å²) in [5.74, 6) is 0.268. The fourth-order valence-electron chi connectivity index (χ4n) is 2.82. The van der Waals surface area contributed by atoms with Crippen LogP contribution in [0.2, 0.25) is 0 Å². The van der Waals surface area contributed by atoms with Gasteiger partial charge < -0.3 is 21.1 Å². The quantitative estimate of drug-likeness (QED) is 0.422. The Kier molecular flexibility index (Phi) is 8.95. The molecule has 7 heteroatoms. The predicted molar refractivity (Wildman–Crippen MR) is 113 cm³/mol. The number of carbonyl (C=O) groups excluding carboxylic acids is 1. The Morgan fingerprint density at radius 3 is 2.34 bits per heavy atom. The maximum atomic E-state index is 13.1. The number of hydrogen-bond acceptors (Lipinski definition) is 3. The molecule has 0 saturated carbocycles. The fraction of sp³-hybridized carbons (Fsp3) is 0.364. The molecule has 0 aliphatic carbocycles. The zero-order chi connectivity index (χ0) is 21.1. The van der Waals surface area contributed by atoms with E-state index in [2.05, 4.69) is 15.6 Å². The highest BCUT2D eigenvalue weighted by atomic mass is 19.1. The molecule has 2 rings (SSSR count). The summed E-state index contributed by atoms with van der Waals surface area (Å²) < 4.78 is 18.2. The number of aliphatic imine (C=N–C) groups is 1. The highest BCUT2D eigenvalue weighted by molar-refractivity contribution is 5.81. The number of hydrogen-bond donors (Lipinski definition) is 3. The molecule has 2 aromatic rings. The van der Waals surface area contributed by atoms with Crippen LogP contribution < -0.4 is 21.1 Å². The van der Waals surface area contributed by atoms with Crippen molar-refractivity contribution in [1.82, 2.24) is 10.6 Å². The van der Waals surface area contributed by atoms with E-state index in [0.29, 0.717) is 25.5 Å². The lowest BCUT2D eigenvalue weighted by molar-refractivity contribution is -0.121. The molecule has 0 spiro atoms. The van der Waals surface area contributed by atoms with Crippen LogP contribution in [-0.2, 0) is 17.6 Å². The topological polar surface area (TPSA) is 88.7 Å². The molecule has 0 aliphatic rings. The molecule has 0 radical (unpaired) electrons. The Morgan fingerprint density at radius 1 is 1.10 bits per heavy atom. The molecule has 1 atom stereocenters. The summed E-state index contributed by atoms with van der Waals surface area (Å²) in [6, 6.07) is 14.0. The van der Waals surface area contributed by atoms with Crippen LogP contribution in [0.25, 0.3) is 0 Å². The summed E-state index contributed by atoms with van der Waals surface area (Å²) >= 11 is 0. The second kappa shape index (κ2) is 11.7. The number of nitrogens with one attached hydrogen (secondary N) is 2. The SMILES string of the molecule is CCNC(=NCC(Cc1ccc(F)cc1)C(N)=O)NCCc1ccc(OC)cc1. The molecule has 1 amide bonds. The van der Waals surface area contributed by atoms with Crippen LogP contribution >= 0.6 is 0 Å². The molecule has 0 aliphatic heterocycles. The van der Waals surface area contributed by atoms with E-state index in [4.69, 9.17) is 10.5 Å². The fourth-order valence-corrected chi connectivity index (χ4v) is 2.82. The normalized spacial score (nSPS) is 12.3. The van der Waals surface area contributed by atoms with Crippen molar-refractivity contribution >= 4 is 11.9 Å². The molecule has 0 fully saturated rings. The number of halogens is 1. The number of ether oxygens (including phenoxy) is 1. The molecule has 0 aromatic heterocycles. The van der Waals surface area contributed by atoms with Gasteiger partial charge in [0.05, 0.1) is 19.6 Å². The van der Waals surface area contributed by atoms with E-state index in [1.807, 2.05) is 31.2 Å². The van der Waals surface area contributed by atoms with Gasteiger partial charge in [-0.2, -0.15) is 0 Å². The summed E-state index contributed by atoms with van der Waals surface area (Å²) in [5, 5.41) is 6.44. The first-order valence-electron chi connectivity index (χ1n) is 9.70. The van der Waals surface area contributed by atoms with Gasteiger partial charge in [0.15, 0.2) is 5.96 Å². The smallest absolute Gasteiger partial charge is 0.222 e. The van der Waals surface area contributed by atoms with Gasteiger partial charge in [-0.05, 0) is 55.2 Å². The number of primary amides is 1. The first-order valence-corrected chi connectivity index (χ1v) is 9.70. The van der Waals surface area contributed by atoms with Crippen molar-refractivity contribution in [3.8, 4) is 5.75 Å². The lowest BCUT2D eigenvalue weighted by Gasteiger charge is -2.15. The maximum absolute atomic E-state index is 13.1. The molecule has 0 saturated heterocycles. The van der Waals surface area contributed by atoms with E-state index in [-0.39, 0.29) is 12.4 Å². The zero-order valence-electron chi connectivity index (χ0n) is 17.0. The van der Waals surface area contributed by atoms with E-state index < -0.39 is 11.8 Å². The summed E-state index contributed by atoms with van der Waals surface area (Å²) in [4.78, 5) is 16.3. The Bertz CT molecular complexity index is 791. The molecule has 156 valence electrons. The monoisotopic (exact) mass is 400 g/mol. The summed E-state index contributed by atoms with van der Waals surface area (Å²) in [7, 11) is 1.64. The number of nitrogens with two attached hydrogens (primary N) is 1. The highest BCUT2D eigenvalue weighted by Gasteiger charge is 2.16. The van der Waals surface area contributed by atoms with Crippen LogP contribution in [0.3, 0.4) is 0 Å². The van der Waals surface area contributed by atoms with Crippen LogP contribution in [0.1, 0.15) is 18.1 Å². The van der Waals surface area contributed by atoms with Gasteiger partial charge in [-0.25, -0.2) is 4.39 Å². The van der Waals surface area contributed by atoms with Gasteiger partial charge in [-0.3, -0.25) is 9.79 Å². The van der Waals surface area contributed by atoms with Gasteiger partial charge in [0.25, 0.3) is 0 Å². The summed E-state index contributed by atoms with van der Waals surface area (Å²) in [6.07, 6.45) is 1.24. The van der Waals surface area contributed by atoms with Crippen molar-refractivity contribution < 1.29 is 13.9 Å². The van der Waals surface area contributed by atoms with Crippen molar-refractivity contribution in [3.05, 3.63) is 65.5 Å². The van der Waals surface area contributed by atoms with Crippen LogP contribution in [0, 0.1) is 11.7 Å². The molecule has 1 unspecified atom stereocenters. The minimum absolute atomic E-state index is 0.255. The van der Waals surface area contributed by atoms with E-state index in [1.165, 1.54) is 17.7 Å². The van der Waals surface area contributed by atoms with Gasteiger partial charge >= 0.3 is 0 Å². The maximum Gasteiger partial charge on any atom is 0.222 e. The number of carbonyl (C=O) groups is 1. The van der Waals surface area contributed by atoms with Crippen molar-refractivity contribution in [2.45, 2.75) is 19.8 Å². The van der Waals surface area contributed by atoms with E-state index in [1.54, 1.807) is 19.2 Å². The average Bonchev–Trinajstić information content (AvgIpc) is 2.72. The van der Waals surface area contributed by atoms with Crippen molar-refractivity contribution in [2.75, 3.05) is 26.7 Å². The van der Waals surface area contributed by atoms with E-state index in [9.17, 15) is 9.18 Å². The van der Waals surface area contributed by atoms with Crippen molar-refractivity contribution in [1.29, 1.82) is 0 Å². The van der Waals surface area contributed by atoms with Crippen LogP contribution in [0.4, 0.5) is 4.39 Å². The van der Waals surface area contributed by atoms with Crippen LogP contribution in [0.15, 0.2) is 53.5 Å².